The summed E-state index contributed by atoms with van der Waals surface area (Å²) < 4.78 is 83.4. The van der Waals surface area contributed by atoms with Crippen LogP contribution in [-0.4, -0.2) is 38.7 Å². The molecule has 0 amide bonds. The van der Waals surface area contributed by atoms with E-state index < -0.39 is 29.3 Å². The van der Waals surface area contributed by atoms with Crippen molar-refractivity contribution in [3.63, 3.8) is 0 Å². The minimum atomic E-state index is -4.67. The van der Waals surface area contributed by atoms with Crippen molar-refractivity contribution >= 4 is 17.3 Å². The molecule has 0 aliphatic carbocycles. The highest BCUT2D eigenvalue weighted by Gasteiger charge is 2.35. The van der Waals surface area contributed by atoms with E-state index in [1.54, 1.807) is 0 Å². The average molecular weight is 470 g/mol. The number of anilines is 3. The molecule has 1 saturated heterocycles. The molecule has 0 saturated carbocycles. The van der Waals surface area contributed by atoms with Gasteiger partial charge in [-0.3, -0.25) is 4.98 Å². The number of ether oxygens (including phenoxy) is 1. The van der Waals surface area contributed by atoms with E-state index in [0.29, 0.717) is 13.2 Å². The van der Waals surface area contributed by atoms with Crippen molar-refractivity contribution in [2.45, 2.75) is 24.8 Å². The Balaban J connectivity index is 1.73. The Morgan fingerprint density at radius 1 is 0.879 bits per heavy atom. The summed E-state index contributed by atoms with van der Waals surface area (Å²) in [6.45, 7) is 2.60. The lowest BCUT2D eigenvalue weighted by Gasteiger charge is -2.39. The van der Waals surface area contributed by atoms with Crippen LogP contribution in [0.15, 0.2) is 42.6 Å². The fourth-order valence-electron chi connectivity index (χ4n) is 3.01. The van der Waals surface area contributed by atoms with Gasteiger partial charge in [-0.25, -0.2) is 15.0 Å². The van der Waals surface area contributed by atoms with Crippen molar-refractivity contribution in [1.29, 1.82) is 0 Å². The van der Waals surface area contributed by atoms with E-state index in [-0.39, 0.29) is 28.8 Å². The summed E-state index contributed by atoms with van der Waals surface area (Å²) in [6, 6.07) is 6.80. The molecular formula is C20H16F6N6O. The monoisotopic (exact) mass is 470 g/mol. The van der Waals surface area contributed by atoms with Gasteiger partial charge in [-0.15, -0.1) is 0 Å². The molecule has 2 N–H and O–H groups in total. The van der Waals surface area contributed by atoms with E-state index in [0.717, 1.165) is 18.3 Å². The third-order valence-corrected chi connectivity index (χ3v) is 4.59. The first-order chi connectivity index (χ1) is 15.4. The van der Waals surface area contributed by atoms with Gasteiger partial charge in [0.1, 0.15) is 28.7 Å². The molecule has 1 aliphatic heterocycles. The molecule has 0 atom stereocenters. The number of nitrogens with one attached hydrogen (secondary N) is 2. The maximum Gasteiger partial charge on any atom is 0.433 e. The quantitative estimate of drug-likeness (QED) is 0.513. The van der Waals surface area contributed by atoms with Crippen LogP contribution in [-0.2, 0) is 17.1 Å². The minimum Gasteiger partial charge on any atom is -0.376 e. The van der Waals surface area contributed by atoms with Crippen LogP contribution in [0.1, 0.15) is 18.3 Å². The number of hydrogen-bond donors (Lipinski definition) is 2. The summed E-state index contributed by atoms with van der Waals surface area (Å²) in [5.74, 6) is 0.130. The fraction of sp³-hybridized carbons (Fsp3) is 0.300. The molecule has 0 aromatic carbocycles. The molecule has 4 rings (SSSR count). The predicted octanol–water partition coefficient (Wildman–Crippen LogP) is 4.92. The zero-order valence-electron chi connectivity index (χ0n) is 16.9. The van der Waals surface area contributed by atoms with Gasteiger partial charge in [0.25, 0.3) is 0 Å². The number of halogens is 6. The minimum absolute atomic E-state index is 0.0307. The Labute approximate surface area is 183 Å². The SMILES string of the molecule is CC1(Nc2cc(Nc3ccnc(C(F)(F)F)c3)nc(-c3cccc(C(F)(F)F)n3)n2)COC1. The van der Waals surface area contributed by atoms with E-state index in [9.17, 15) is 26.3 Å². The van der Waals surface area contributed by atoms with Gasteiger partial charge in [-0.05, 0) is 31.2 Å². The second-order valence-electron chi connectivity index (χ2n) is 7.60. The highest BCUT2D eigenvalue weighted by Crippen LogP contribution is 2.32. The van der Waals surface area contributed by atoms with Crippen LogP contribution < -0.4 is 10.6 Å². The zero-order valence-corrected chi connectivity index (χ0v) is 16.9. The van der Waals surface area contributed by atoms with E-state index in [4.69, 9.17) is 4.74 Å². The first kappa shape index (κ1) is 22.7. The van der Waals surface area contributed by atoms with Gasteiger partial charge in [0, 0.05) is 18.0 Å². The van der Waals surface area contributed by atoms with Crippen LogP contribution in [0.5, 0.6) is 0 Å². The first-order valence-corrected chi connectivity index (χ1v) is 9.51. The molecule has 0 spiro atoms. The Kier molecular flexibility index (Phi) is 5.60. The van der Waals surface area contributed by atoms with E-state index in [2.05, 4.69) is 30.6 Å². The average Bonchev–Trinajstić information content (AvgIpc) is 2.71. The molecule has 0 bridgehead atoms. The Morgan fingerprint density at radius 3 is 2.21 bits per heavy atom. The molecule has 0 radical (unpaired) electrons. The maximum absolute atomic E-state index is 13.1. The Morgan fingerprint density at radius 2 is 1.58 bits per heavy atom. The van der Waals surface area contributed by atoms with E-state index in [1.165, 1.54) is 24.3 Å². The number of aromatic nitrogens is 4. The van der Waals surface area contributed by atoms with Crippen molar-refractivity contribution in [3.05, 3.63) is 54.0 Å². The van der Waals surface area contributed by atoms with Crippen molar-refractivity contribution in [2.75, 3.05) is 23.8 Å². The molecule has 1 fully saturated rings. The summed E-state index contributed by atoms with van der Waals surface area (Å²) in [6.07, 6.45) is -8.34. The number of nitrogens with zero attached hydrogens (tertiary/aromatic N) is 4. The normalized spacial score (nSPS) is 15.6. The highest BCUT2D eigenvalue weighted by molar-refractivity contribution is 5.64. The molecule has 7 nitrogen and oxygen atoms in total. The molecule has 3 aromatic rings. The van der Waals surface area contributed by atoms with Crippen molar-refractivity contribution in [1.82, 2.24) is 19.9 Å². The Hall–Kier alpha value is -3.48. The zero-order chi connectivity index (χ0) is 23.9. The van der Waals surface area contributed by atoms with Crippen LogP contribution in [0.2, 0.25) is 0 Å². The lowest BCUT2D eigenvalue weighted by atomic mass is 10.0. The lowest BCUT2D eigenvalue weighted by Crippen LogP contribution is -2.53. The van der Waals surface area contributed by atoms with Gasteiger partial charge < -0.3 is 15.4 Å². The predicted molar refractivity (Wildman–Crippen MR) is 106 cm³/mol. The summed E-state index contributed by atoms with van der Waals surface area (Å²) in [7, 11) is 0. The van der Waals surface area contributed by atoms with Crippen molar-refractivity contribution in [2.24, 2.45) is 0 Å². The summed E-state index contributed by atoms with van der Waals surface area (Å²) in [4.78, 5) is 15.3. The number of hydrogen-bond acceptors (Lipinski definition) is 7. The van der Waals surface area contributed by atoms with Gasteiger partial charge in [0.05, 0.1) is 18.8 Å². The van der Waals surface area contributed by atoms with E-state index >= 15 is 0 Å². The molecule has 3 aromatic heterocycles. The third-order valence-electron chi connectivity index (χ3n) is 4.59. The molecular weight excluding hydrogens is 454 g/mol. The highest BCUT2D eigenvalue weighted by atomic mass is 19.4. The number of alkyl halides is 6. The van der Waals surface area contributed by atoms with Crippen LogP contribution in [0.3, 0.4) is 0 Å². The van der Waals surface area contributed by atoms with Crippen LogP contribution in [0.4, 0.5) is 43.7 Å². The third kappa shape index (κ3) is 5.30. The van der Waals surface area contributed by atoms with Crippen LogP contribution in [0, 0.1) is 0 Å². The molecule has 33 heavy (non-hydrogen) atoms. The molecule has 1 aliphatic rings. The van der Waals surface area contributed by atoms with Gasteiger partial charge in [0.2, 0.25) is 0 Å². The topological polar surface area (TPSA) is 84.9 Å². The summed E-state index contributed by atoms with van der Waals surface area (Å²) >= 11 is 0. The molecule has 13 heteroatoms. The molecule has 0 unspecified atom stereocenters. The smallest absolute Gasteiger partial charge is 0.376 e. The standard InChI is InChI=1S/C20H16F6N6O/c1-18(9-33-10-18)32-16-8-15(28-11-5-6-27-14(7-11)20(24,25)26)30-17(31-16)12-3-2-4-13(29-12)19(21,22)23/h2-8H,9-10H2,1H3,(H2,27,28,30,31,32). The summed E-state index contributed by atoms with van der Waals surface area (Å²) in [5.41, 5.74) is -2.83. The van der Waals surface area contributed by atoms with Gasteiger partial charge in [-0.1, -0.05) is 6.07 Å². The fourth-order valence-corrected chi connectivity index (χ4v) is 3.01. The maximum atomic E-state index is 13.1. The van der Waals surface area contributed by atoms with E-state index in [1.807, 2.05) is 6.92 Å². The van der Waals surface area contributed by atoms with Crippen LogP contribution in [0.25, 0.3) is 11.5 Å². The first-order valence-electron chi connectivity index (χ1n) is 9.51. The molecule has 174 valence electrons. The number of pyridine rings is 2. The second-order valence-corrected chi connectivity index (χ2v) is 7.60. The Bertz CT molecular complexity index is 1160. The van der Waals surface area contributed by atoms with Crippen LogP contribution >= 0.6 is 0 Å². The summed E-state index contributed by atoms with van der Waals surface area (Å²) in [5, 5.41) is 5.83. The van der Waals surface area contributed by atoms with Gasteiger partial charge in [0.15, 0.2) is 5.82 Å². The number of rotatable bonds is 5. The second kappa shape index (κ2) is 8.14. The lowest BCUT2D eigenvalue weighted by molar-refractivity contribution is -0.141. The molecule has 4 heterocycles. The van der Waals surface area contributed by atoms with Gasteiger partial charge >= 0.3 is 12.4 Å². The van der Waals surface area contributed by atoms with Crippen molar-refractivity contribution in [3.8, 4) is 11.5 Å². The van der Waals surface area contributed by atoms with Gasteiger partial charge in [-0.2, -0.15) is 26.3 Å². The van der Waals surface area contributed by atoms with Crippen molar-refractivity contribution < 1.29 is 31.1 Å². The largest absolute Gasteiger partial charge is 0.433 e.